The lowest BCUT2D eigenvalue weighted by molar-refractivity contribution is -0.134. The Bertz CT molecular complexity index is 650. The molecule has 3 amide bonds. The minimum absolute atomic E-state index is 0.00487. The second kappa shape index (κ2) is 8.25. The molecule has 0 spiro atoms. The summed E-state index contributed by atoms with van der Waals surface area (Å²) in [6.45, 7) is 5.11. The highest BCUT2D eigenvalue weighted by molar-refractivity contribution is 6.42. The molecule has 0 aliphatic carbocycles. The second-order valence-corrected chi connectivity index (χ2v) is 7.22. The van der Waals surface area contributed by atoms with Gasteiger partial charge in [-0.2, -0.15) is 0 Å². The number of carbonyl (C=O) groups is 2. The number of anilines is 1. The minimum atomic E-state index is -0.300. The topological polar surface area (TPSA) is 55.9 Å². The van der Waals surface area contributed by atoms with E-state index in [1.54, 1.807) is 18.2 Å². The van der Waals surface area contributed by atoms with Gasteiger partial charge in [0.15, 0.2) is 0 Å². The van der Waals surface area contributed by atoms with Gasteiger partial charge in [0.25, 0.3) is 0 Å². The molecular weight excluding hydrogens is 363 g/mol. The first kappa shape index (κ1) is 18.3. The number of hydrogen-bond donors (Lipinski definition) is 1. The largest absolute Gasteiger partial charge is 0.338 e. The molecule has 0 aromatic heterocycles. The fraction of sp³-hybridized carbons (Fsp3) is 0.529. The maximum absolute atomic E-state index is 12.3. The third-order valence-electron chi connectivity index (χ3n) is 4.66. The summed E-state index contributed by atoms with van der Waals surface area (Å²) < 4.78 is 0. The van der Waals surface area contributed by atoms with Gasteiger partial charge in [-0.25, -0.2) is 4.79 Å². The van der Waals surface area contributed by atoms with E-state index in [0.717, 1.165) is 26.2 Å². The Morgan fingerprint density at radius 1 is 1.04 bits per heavy atom. The minimum Gasteiger partial charge on any atom is -0.338 e. The maximum Gasteiger partial charge on any atom is 0.322 e. The van der Waals surface area contributed by atoms with Crippen LogP contribution in [0.25, 0.3) is 0 Å². The Morgan fingerprint density at radius 2 is 1.80 bits per heavy atom. The van der Waals surface area contributed by atoms with Crippen molar-refractivity contribution in [1.29, 1.82) is 0 Å². The molecule has 1 aromatic rings. The van der Waals surface area contributed by atoms with Gasteiger partial charge in [0.05, 0.1) is 10.0 Å². The standard InChI is InChI=1S/C17H22Cl2N4O2/c18-14-4-3-13(11-15(14)19)20-17(25)23-10-9-22(16(24)12-23)8-7-21-5-1-2-6-21/h3-4,11H,1-2,5-10,12H2,(H,20,25). The van der Waals surface area contributed by atoms with E-state index in [0.29, 0.717) is 28.8 Å². The monoisotopic (exact) mass is 384 g/mol. The first-order chi connectivity index (χ1) is 12.0. The van der Waals surface area contributed by atoms with Gasteiger partial charge < -0.3 is 20.0 Å². The van der Waals surface area contributed by atoms with Crippen molar-refractivity contribution in [3.8, 4) is 0 Å². The average Bonchev–Trinajstić information content (AvgIpc) is 3.10. The van der Waals surface area contributed by atoms with Gasteiger partial charge in [0.2, 0.25) is 5.91 Å². The van der Waals surface area contributed by atoms with Crippen molar-refractivity contribution < 1.29 is 9.59 Å². The summed E-state index contributed by atoms with van der Waals surface area (Å²) in [7, 11) is 0. The van der Waals surface area contributed by atoms with E-state index in [1.807, 2.05) is 4.90 Å². The first-order valence-corrected chi connectivity index (χ1v) is 9.29. The third kappa shape index (κ3) is 4.77. The molecule has 2 saturated heterocycles. The van der Waals surface area contributed by atoms with Gasteiger partial charge in [-0.1, -0.05) is 23.2 Å². The number of hydrogen-bond acceptors (Lipinski definition) is 3. The van der Waals surface area contributed by atoms with E-state index in [2.05, 4.69) is 10.2 Å². The van der Waals surface area contributed by atoms with Crippen LogP contribution in [0.4, 0.5) is 10.5 Å². The third-order valence-corrected chi connectivity index (χ3v) is 5.40. The number of benzene rings is 1. The Kier molecular flexibility index (Phi) is 6.04. The van der Waals surface area contributed by atoms with Crippen LogP contribution in [0.2, 0.25) is 10.0 Å². The number of carbonyl (C=O) groups excluding carboxylic acids is 2. The van der Waals surface area contributed by atoms with Crippen molar-refractivity contribution in [2.45, 2.75) is 12.8 Å². The number of urea groups is 1. The van der Waals surface area contributed by atoms with Crippen molar-refractivity contribution in [3.63, 3.8) is 0 Å². The maximum atomic E-state index is 12.3. The van der Waals surface area contributed by atoms with Crippen molar-refractivity contribution in [2.75, 3.05) is 51.1 Å². The predicted molar refractivity (Wildman–Crippen MR) is 99.3 cm³/mol. The fourth-order valence-electron chi connectivity index (χ4n) is 3.16. The molecular formula is C17H22Cl2N4O2. The van der Waals surface area contributed by atoms with Gasteiger partial charge in [0.1, 0.15) is 6.54 Å². The normalized spacial score (nSPS) is 18.7. The van der Waals surface area contributed by atoms with E-state index in [-0.39, 0.29) is 18.5 Å². The van der Waals surface area contributed by atoms with Crippen LogP contribution in [0.1, 0.15) is 12.8 Å². The Morgan fingerprint density at radius 3 is 2.48 bits per heavy atom. The quantitative estimate of drug-likeness (QED) is 0.867. The molecule has 1 N–H and O–H groups in total. The lowest BCUT2D eigenvalue weighted by atomic mass is 10.3. The molecule has 3 rings (SSSR count). The highest BCUT2D eigenvalue weighted by atomic mass is 35.5. The molecule has 6 nitrogen and oxygen atoms in total. The van der Waals surface area contributed by atoms with Crippen molar-refractivity contribution in [3.05, 3.63) is 28.2 Å². The van der Waals surface area contributed by atoms with Crippen LogP contribution < -0.4 is 5.32 Å². The van der Waals surface area contributed by atoms with Crippen LogP contribution in [0, 0.1) is 0 Å². The van der Waals surface area contributed by atoms with Gasteiger partial charge in [0, 0.05) is 31.9 Å². The van der Waals surface area contributed by atoms with E-state index >= 15 is 0 Å². The summed E-state index contributed by atoms with van der Waals surface area (Å²) >= 11 is 11.8. The predicted octanol–water partition coefficient (Wildman–Crippen LogP) is 2.77. The highest BCUT2D eigenvalue weighted by Crippen LogP contribution is 2.25. The summed E-state index contributed by atoms with van der Waals surface area (Å²) in [5.74, 6) is -0.00487. The Labute approximate surface area is 157 Å². The lowest BCUT2D eigenvalue weighted by Gasteiger charge is -2.35. The van der Waals surface area contributed by atoms with Gasteiger partial charge in [-0.15, -0.1) is 0 Å². The van der Waals surface area contributed by atoms with Crippen molar-refractivity contribution in [1.82, 2.24) is 14.7 Å². The van der Waals surface area contributed by atoms with Crippen molar-refractivity contribution in [2.24, 2.45) is 0 Å². The zero-order chi connectivity index (χ0) is 17.8. The summed E-state index contributed by atoms with van der Waals surface area (Å²) in [6, 6.07) is 4.60. The smallest absolute Gasteiger partial charge is 0.322 e. The number of piperazine rings is 1. The zero-order valence-electron chi connectivity index (χ0n) is 14.0. The van der Waals surface area contributed by atoms with Crippen LogP contribution in [0.5, 0.6) is 0 Å². The molecule has 0 unspecified atom stereocenters. The molecule has 1 aromatic carbocycles. The SMILES string of the molecule is O=C1CN(C(=O)Nc2ccc(Cl)c(Cl)c2)CCN1CCN1CCCC1. The molecule has 2 heterocycles. The van der Waals surface area contributed by atoms with Crippen LogP contribution in [-0.2, 0) is 4.79 Å². The molecule has 2 aliphatic rings. The molecule has 0 atom stereocenters. The van der Waals surface area contributed by atoms with Gasteiger partial charge >= 0.3 is 6.03 Å². The van der Waals surface area contributed by atoms with Crippen LogP contribution in [0.3, 0.4) is 0 Å². The highest BCUT2D eigenvalue weighted by Gasteiger charge is 2.27. The number of halogens is 2. The van der Waals surface area contributed by atoms with Crippen LogP contribution >= 0.6 is 23.2 Å². The molecule has 0 radical (unpaired) electrons. The zero-order valence-corrected chi connectivity index (χ0v) is 15.5. The van der Waals surface area contributed by atoms with E-state index in [4.69, 9.17) is 23.2 Å². The second-order valence-electron chi connectivity index (χ2n) is 6.41. The number of amides is 3. The molecule has 2 fully saturated rings. The van der Waals surface area contributed by atoms with Crippen LogP contribution in [0.15, 0.2) is 18.2 Å². The van der Waals surface area contributed by atoms with Crippen LogP contribution in [-0.4, -0.2) is 72.5 Å². The van der Waals surface area contributed by atoms with E-state index in [9.17, 15) is 9.59 Å². The molecule has 0 bridgehead atoms. The molecule has 8 heteroatoms. The fourth-order valence-corrected chi connectivity index (χ4v) is 3.46. The summed E-state index contributed by atoms with van der Waals surface area (Å²) in [5.41, 5.74) is 0.559. The van der Waals surface area contributed by atoms with E-state index < -0.39 is 0 Å². The molecule has 25 heavy (non-hydrogen) atoms. The average molecular weight is 385 g/mol. The molecule has 0 saturated carbocycles. The number of rotatable bonds is 4. The first-order valence-electron chi connectivity index (χ1n) is 8.54. The summed E-state index contributed by atoms with van der Waals surface area (Å²) in [6.07, 6.45) is 2.49. The lowest BCUT2D eigenvalue weighted by Crippen LogP contribution is -2.54. The Hall–Kier alpha value is -1.50. The summed E-state index contributed by atoms with van der Waals surface area (Å²) in [5, 5.41) is 3.57. The van der Waals surface area contributed by atoms with Gasteiger partial charge in [-0.3, -0.25) is 4.79 Å². The molecule has 136 valence electrons. The number of nitrogens with one attached hydrogen (secondary N) is 1. The van der Waals surface area contributed by atoms with Crippen molar-refractivity contribution >= 4 is 40.8 Å². The van der Waals surface area contributed by atoms with E-state index in [1.165, 1.54) is 17.7 Å². The molecule has 2 aliphatic heterocycles. The number of nitrogens with zero attached hydrogens (tertiary/aromatic N) is 3. The number of likely N-dealkylation sites (tertiary alicyclic amines) is 1. The Balaban J connectivity index is 1.48. The van der Waals surface area contributed by atoms with Gasteiger partial charge in [-0.05, 0) is 44.1 Å². The summed E-state index contributed by atoms with van der Waals surface area (Å²) in [4.78, 5) is 30.4.